The Bertz CT molecular complexity index is 1710. The summed E-state index contributed by atoms with van der Waals surface area (Å²) in [5.41, 5.74) is 5.39. The molecule has 10 heteroatoms. The Morgan fingerprint density at radius 1 is 0.392 bits per heavy atom. The van der Waals surface area contributed by atoms with E-state index < -0.39 is 26.5 Å². The third-order valence-corrected chi connectivity index (χ3v) is 14.3. The van der Waals surface area contributed by atoms with Gasteiger partial charge in [-0.05, 0) is 109 Å². The molecule has 2 unspecified atom stereocenters. The first-order chi connectivity index (χ1) is 38.8. The number of phosphoric ester groups is 1. The number of allylic oxidation sites excluding steroid dienone is 20. The Kier molecular flexibility index (Phi) is 60.7. The molecule has 0 amide bonds. The van der Waals surface area contributed by atoms with Crippen molar-refractivity contribution >= 4 is 19.8 Å². The largest absolute Gasteiger partial charge is 0.472 e. The van der Waals surface area contributed by atoms with Crippen molar-refractivity contribution in [3.63, 3.8) is 0 Å². The van der Waals surface area contributed by atoms with E-state index in [4.69, 9.17) is 24.3 Å². The molecule has 9 nitrogen and oxygen atoms in total. The predicted molar refractivity (Wildman–Crippen MR) is 339 cm³/mol. The molecule has 79 heavy (non-hydrogen) atoms. The third kappa shape index (κ3) is 63.5. The maximum Gasteiger partial charge on any atom is 0.472 e. The lowest BCUT2D eigenvalue weighted by Crippen LogP contribution is -2.29. The summed E-state index contributed by atoms with van der Waals surface area (Å²) in [5, 5.41) is 0. The highest BCUT2D eigenvalue weighted by molar-refractivity contribution is 7.47. The van der Waals surface area contributed by atoms with Crippen LogP contribution in [0, 0.1) is 0 Å². The number of hydrogen-bond acceptors (Lipinski definition) is 8. The van der Waals surface area contributed by atoms with Gasteiger partial charge in [-0.3, -0.25) is 18.6 Å². The molecular weight excluding hydrogens is 1000 g/mol. The number of carbonyl (C=O) groups excluding carboxylic acids is 2. The highest BCUT2D eigenvalue weighted by Gasteiger charge is 2.26. The van der Waals surface area contributed by atoms with Crippen LogP contribution in [-0.2, 0) is 32.7 Å². The predicted octanol–water partition coefficient (Wildman–Crippen LogP) is 20.7. The topological polar surface area (TPSA) is 134 Å². The van der Waals surface area contributed by atoms with Crippen LogP contribution >= 0.6 is 7.82 Å². The van der Waals surface area contributed by atoms with E-state index in [0.29, 0.717) is 6.42 Å². The molecule has 0 aliphatic rings. The van der Waals surface area contributed by atoms with E-state index in [2.05, 4.69) is 135 Å². The van der Waals surface area contributed by atoms with Gasteiger partial charge < -0.3 is 20.1 Å². The quantitative estimate of drug-likeness (QED) is 0.0264. The van der Waals surface area contributed by atoms with Crippen molar-refractivity contribution in [2.45, 2.75) is 277 Å². The Hall–Kier alpha value is -3.59. The summed E-state index contributed by atoms with van der Waals surface area (Å²) in [6.07, 6.45) is 88.3. The van der Waals surface area contributed by atoms with Gasteiger partial charge in [-0.25, -0.2) is 4.57 Å². The standard InChI is InChI=1S/C69H118NO8P/c1-3-5-7-9-11-13-15-17-19-21-23-25-27-28-29-30-31-32-33-34-35-36-37-38-40-42-44-46-48-50-52-54-56-58-60-62-69(72)78-67(66-77-79(73,74)76-64-63-70)65-75-68(71)61-59-57-55-53-51-49-47-45-43-41-39-26-24-22-20-18-16-14-12-10-8-6-4-2/h5,7,11,13,16-19,22-25,28-29,31-32,34-35,39,41,67H,3-4,6,8-10,12,14-15,20-21,26-27,30,33,36-38,40,42-66,70H2,1-2H3,(H,73,74)/b7-5-,13-11-,18-16-,19-17-,24-22-,25-23-,29-28-,32-31-,35-34-,41-39-. The molecule has 0 aromatic rings. The number of nitrogens with two attached hydrogens (primary N) is 1. The van der Waals surface area contributed by atoms with Crippen LogP contribution in [0.25, 0.3) is 0 Å². The molecule has 0 heterocycles. The van der Waals surface area contributed by atoms with Crippen molar-refractivity contribution in [2.75, 3.05) is 26.4 Å². The fourth-order valence-corrected chi connectivity index (χ4v) is 9.39. The second kappa shape index (κ2) is 63.6. The minimum absolute atomic E-state index is 0.0472. The van der Waals surface area contributed by atoms with Gasteiger partial charge >= 0.3 is 19.8 Å². The molecule has 0 aliphatic heterocycles. The zero-order chi connectivity index (χ0) is 57.3. The zero-order valence-corrected chi connectivity index (χ0v) is 51.5. The number of ether oxygens (including phenoxy) is 2. The smallest absolute Gasteiger partial charge is 0.462 e. The van der Waals surface area contributed by atoms with Crippen LogP contribution in [0.4, 0.5) is 0 Å². The molecular formula is C69H118NO8P. The van der Waals surface area contributed by atoms with Crippen LogP contribution in [0.2, 0.25) is 0 Å². The maximum atomic E-state index is 12.7. The van der Waals surface area contributed by atoms with Crippen molar-refractivity contribution in [2.24, 2.45) is 5.73 Å². The van der Waals surface area contributed by atoms with Crippen molar-refractivity contribution in [3.05, 3.63) is 122 Å². The molecule has 0 rings (SSSR count). The maximum absolute atomic E-state index is 12.7. The molecule has 0 aromatic heterocycles. The van der Waals surface area contributed by atoms with E-state index in [1.807, 2.05) is 0 Å². The van der Waals surface area contributed by atoms with Crippen molar-refractivity contribution < 1.29 is 37.6 Å². The summed E-state index contributed by atoms with van der Waals surface area (Å²) in [7, 11) is -4.40. The van der Waals surface area contributed by atoms with Crippen molar-refractivity contribution in [3.8, 4) is 0 Å². The summed E-state index contributed by atoms with van der Waals surface area (Å²) in [5.74, 6) is -0.838. The van der Waals surface area contributed by atoms with Crippen LogP contribution in [0.1, 0.15) is 271 Å². The minimum atomic E-state index is -4.40. The first kappa shape index (κ1) is 75.4. The fourth-order valence-electron chi connectivity index (χ4n) is 8.62. The summed E-state index contributed by atoms with van der Waals surface area (Å²) < 4.78 is 33.1. The molecule has 0 bridgehead atoms. The molecule has 3 N–H and O–H groups in total. The summed E-state index contributed by atoms with van der Waals surface area (Å²) in [4.78, 5) is 35.3. The zero-order valence-electron chi connectivity index (χ0n) is 50.6. The van der Waals surface area contributed by atoms with E-state index >= 15 is 0 Å². The number of carbonyl (C=O) groups is 2. The van der Waals surface area contributed by atoms with Crippen LogP contribution in [-0.4, -0.2) is 49.3 Å². The normalized spacial score (nSPS) is 13.8. The van der Waals surface area contributed by atoms with Gasteiger partial charge in [-0.1, -0.05) is 270 Å². The highest BCUT2D eigenvalue weighted by Crippen LogP contribution is 2.43. The van der Waals surface area contributed by atoms with E-state index in [-0.39, 0.29) is 38.6 Å². The third-order valence-electron chi connectivity index (χ3n) is 13.3. The first-order valence-electron chi connectivity index (χ1n) is 32.0. The van der Waals surface area contributed by atoms with Crippen LogP contribution in [0.5, 0.6) is 0 Å². The average molecular weight is 1120 g/mol. The molecule has 0 saturated heterocycles. The number of rotatable bonds is 59. The van der Waals surface area contributed by atoms with Gasteiger partial charge in [-0.2, -0.15) is 0 Å². The molecule has 0 saturated carbocycles. The number of unbranched alkanes of at least 4 members (excludes halogenated alkanes) is 26. The Balaban J connectivity index is 3.96. The number of phosphoric acid groups is 1. The van der Waals surface area contributed by atoms with Gasteiger partial charge in [0.25, 0.3) is 0 Å². The van der Waals surface area contributed by atoms with Crippen LogP contribution in [0.3, 0.4) is 0 Å². The Morgan fingerprint density at radius 2 is 0.696 bits per heavy atom. The molecule has 2 atom stereocenters. The van der Waals surface area contributed by atoms with Gasteiger partial charge in [0.2, 0.25) is 0 Å². The van der Waals surface area contributed by atoms with Crippen LogP contribution < -0.4 is 5.73 Å². The minimum Gasteiger partial charge on any atom is -0.462 e. The second-order valence-corrected chi connectivity index (χ2v) is 22.3. The highest BCUT2D eigenvalue weighted by atomic mass is 31.2. The van der Waals surface area contributed by atoms with Crippen LogP contribution in [0.15, 0.2) is 122 Å². The average Bonchev–Trinajstić information content (AvgIpc) is 3.44. The van der Waals surface area contributed by atoms with Crippen molar-refractivity contribution in [1.29, 1.82) is 0 Å². The molecule has 0 spiro atoms. The molecule has 452 valence electrons. The Labute approximate surface area is 485 Å². The first-order valence-corrected chi connectivity index (χ1v) is 33.5. The Morgan fingerprint density at radius 3 is 1.04 bits per heavy atom. The van der Waals surface area contributed by atoms with E-state index in [1.54, 1.807) is 0 Å². The fraction of sp³-hybridized carbons (Fsp3) is 0.681. The van der Waals surface area contributed by atoms with E-state index in [0.717, 1.165) is 109 Å². The van der Waals surface area contributed by atoms with Crippen molar-refractivity contribution in [1.82, 2.24) is 0 Å². The van der Waals surface area contributed by atoms with Gasteiger partial charge in [-0.15, -0.1) is 0 Å². The van der Waals surface area contributed by atoms with Gasteiger partial charge in [0.05, 0.1) is 13.2 Å². The lowest BCUT2D eigenvalue weighted by molar-refractivity contribution is -0.161. The second-order valence-electron chi connectivity index (χ2n) is 20.9. The summed E-state index contributed by atoms with van der Waals surface area (Å²) in [6, 6.07) is 0. The lowest BCUT2D eigenvalue weighted by Gasteiger charge is -2.19. The van der Waals surface area contributed by atoms with Gasteiger partial charge in [0.15, 0.2) is 6.10 Å². The molecule has 0 aromatic carbocycles. The SMILES string of the molecule is CC/C=C\C/C=C\C/C=C\C/C=C\C/C=C\C/C=C\C/C=C\CCCCCCCCCCCCCCCC(=O)OC(COC(=O)CCCCCCCCCC/C=C\C/C=C\C/C=C\CCCCCCC)COP(=O)(O)OCCN. The molecule has 0 aliphatic carbocycles. The molecule has 0 radical (unpaired) electrons. The number of esters is 2. The summed E-state index contributed by atoms with van der Waals surface area (Å²) >= 11 is 0. The summed E-state index contributed by atoms with van der Waals surface area (Å²) in [6.45, 7) is 3.62. The van der Waals surface area contributed by atoms with Gasteiger partial charge in [0.1, 0.15) is 6.61 Å². The van der Waals surface area contributed by atoms with Gasteiger partial charge in [0, 0.05) is 19.4 Å². The van der Waals surface area contributed by atoms with E-state index in [9.17, 15) is 19.0 Å². The van der Waals surface area contributed by atoms with E-state index in [1.165, 1.54) is 128 Å². The number of hydrogen-bond donors (Lipinski definition) is 2. The monoisotopic (exact) mass is 1120 g/mol. The molecule has 0 fully saturated rings. The lowest BCUT2D eigenvalue weighted by atomic mass is 10.0.